The monoisotopic (exact) mass is 319 g/mol. The number of nitrogens with zero attached hydrogens (tertiary/aromatic N) is 1. The van der Waals surface area contributed by atoms with Crippen LogP contribution in [0.3, 0.4) is 0 Å². The SMILES string of the molecule is O=C1CC(S)CN1c1ccc(I)cc1. The summed E-state index contributed by atoms with van der Waals surface area (Å²) in [4.78, 5) is 13.3. The van der Waals surface area contributed by atoms with Crippen LogP contribution in [0.4, 0.5) is 5.69 Å². The maximum absolute atomic E-state index is 11.5. The minimum absolute atomic E-state index is 0.172. The molecule has 2 nitrogen and oxygen atoms in total. The van der Waals surface area contributed by atoms with Crippen molar-refractivity contribution in [3.63, 3.8) is 0 Å². The molecule has 1 atom stereocenters. The minimum atomic E-state index is 0.172. The zero-order valence-electron chi connectivity index (χ0n) is 7.48. The molecule has 0 N–H and O–H groups in total. The number of halogens is 1. The van der Waals surface area contributed by atoms with E-state index < -0.39 is 0 Å². The van der Waals surface area contributed by atoms with Gasteiger partial charge in [0, 0.05) is 27.5 Å². The molecule has 1 aromatic rings. The van der Waals surface area contributed by atoms with Crippen LogP contribution >= 0.6 is 35.2 Å². The van der Waals surface area contributed by atoms with E-state index in [1.807, 2.05) is 24.3 Å². The summed E-state index contributed by atoms with van der Waals surface area (Å²) >= 11 is 6.57. The van der Waals surface area contributed by atoms with Gasteiger partial charge in [0.15, 0.2) is 0 Å². The summed E-state index contributed by atoms with van der Waals surface area (Å²) in [5.41, 5.74) is 0.979. The Morgan fingerprint density at radius 1 is 1.36 bits per heavy atom. The second kappa shape index (κ2) is 4.10. The lowest BCUT2D eigenvalue weighted by Gasteiger charge is -2.15. The second-order valence-corrected chi connectivity index (χ2v) is 5.31. The van der Waals surface area contributed by atoms with Gasteiger partial charge in [-0.15, -0.1) is 0 Å². The Morgan fingerprint density at radius 3 is 2.50 bits per heavy atom. The molecule has 1 aromatic carbocycles. The van der Waals surface area contributed by atoms with Crippen LogP contribution < -0.4 is 4.90 Å². The van der Waals surface area contributed by atoms with Gasteiger partial charge in [-0.3, -0.25) is 4.79 Å². The third-order valence-electron chi connectivity index (χ3n) is 2.24. The van der Waals surface area contributed by atoms with Crippen molar-refractivity contribution in [2.24, 2.45) is 0 Å². The normalized spacial score (nSPS) is 21.7. The molecule has 0 aliphatic carbocycles. The van der Waals surface area contributed by atoms with E-state index in [-0.39, 0.29) is 11.2 Å². The van der Waals surface area contributed by atoms with Crippen molar-refractivity contribution in [1.29, 1.82) is 0 Å². The van der Waals surface area contributed by atoms with Gasteiger partial charge in [-0.2, -0.15) is 12.6 Å². The summed E-state index contributed by atoms with van der Waals surface area (Å²) in [5, 5.41) is 0.182. The third kappa shape index (κ3) is 2.06. The quantitative estimate of drug-likeness (QED) is 0.622. The van der Waals surface area contributed by atoms with Gasteiger partial charge in [-0.05, 0) is 46.9 Å². The second-order valence-electron chi connectivity index (χ2n) is 3.34. The molecule has 0 spiro atoms. The maximum Gasteiger partial charge on any atom is 0.228 e. The van der Waals surface area contributed by atoms with E-state index in [2.05, 4.69) is 35.2 Å². The molecule has 0 radical (unpaired) electrons. The van der Waals surface area contributed by atoms with Gasteiger partial charge in [0.1, 0.15) is 0 Å². The molecule has 14 heavy (non-hydrogen) atoms. The lowest BCUT2D eigenvalue weighted by Crippen LogP contribution is -2.24. The molecule has 0 bridgehead atoms. The topological polar surface area (TPSA) is 20.3 Å². The average Bonchev–Trinajstić information content (AvgIpc) is 2.47. The number of rotatable bonds is 1. The molecule has 1 saturated heterocycles. The molecule has 2 rings (SSSR count). The van der Waals surface area contributed by atoms with E-state index in [9.17, 15) is 4.79 Å². The van der Waals surface area contributed by atoms with Crippen LogP contribution in [0.1, 0.15) is 6.42 Å². The fourth-order valence-electron chi connectivity index (χ4n) is 1.56. The van der Waals surface area contributed by atoms with Crippen LogP contribution in [-0.4, -0.2) is 17.7 Å². The van der Waals surface area contributed by atoms with Crippen molar-refractivity contribution < 1.29 is 4.79 Å². The van der Waals surface area contributed by atoms with Gasteiger partial charge in [0.25, 0.3) is 0 Å². The highest BCUT2D eigenvalue weighted by atomic mass is 127. The molecule has 1 fully saturated rings. The molecule has 1 aliphatic heterocycles. The zero-order valence-corrected chi connectivity index (χ0v) is 10.5. The predicted octanol–water partition coefficient (Wildman–Crippen LogP) is 2.33. The van der Waals surface area contributed by atoms with Crippen molar-refractivity contribution in [3.05, 3.63) is 27.8 Å². The number of carbonyl (C=O) groups is 1. The van der Waals surface area contributed by atoms with Gasteiger partial charge in [-0.1, -0.05) is 0 Å². The van der Waals surface area contributed by atoms with Crippen LogP contribution in [0.2, 0.25) is 0 Å². The molecule has 1 unspecified atom stereocenters. The largest absolute Gasteiger partial charge is 0.311 e. The summed E-state index contributed by atoms with van der Waals surface area (Å²) in [6.07, 6.45) is 0.551. The molecule has 1 aliphatic rings. The van der Waals surface area contributed by atoms with Crippen molar-refractivity contribution in [1.82, 2.24) is 0 Å². The lowest BCUT2D eigenvalue weighted by atomic mass is 10.3. The molecule has 74 valence electrons. The highest BCUT2D eigenvalue weighted by Gasteiger charge is 2.27. The van der Waals surface area contributed by atoms with Gasteiger partial charge in [0.2, 0.25) is 5.91 Å². The van der Waals surface area contributed by atoms with Gasteiger partial charge < -0.3 is 4.90 Å². The first-order valence-corrected chi connectivity index (χ1v) is 6.00. The van der Waals surface area contributed by atoms with Crippen molar-refractivity contribution in [3.8, 4) is 0 Å². The Balaban J connectivity index is 2.23. The van der Waals surface area contributed by atoms with E-state index >= 15 is 0 Å². The number of benzene rings is 1. The summed E-state index contributed by atoms with van der Waals surface area (Å²) in [7, 11) is 0. The number of thiol groups is 1. The Hall–Kier alpha value is -0.230. The minimum Gasteiger partial charge on any atom is -0.311 e. The highest BCUT2D eigenvalue weighted by molar-refractivity contribution is 14.1. The van der Waals surface area contributed by atoms with E-state index in [4.69, 9.17) is 0 Å². The summed E-state index contributed by atoms with van der Waals surface area (Å²) < 4.78 is 1.18. The number of hydrogen-bond donors (Lipinski definition) is 1. The number of anilines is 1. The first-order chi connectivity index (χ1) is 6.66. The molecule has 4 heteroatoms. The first-order valence-electron chi connectivity index (χ1n) is 4.41. The van der Waals surface area contributed by atoms with Crippen LogP contribution in [-0.2, 0) is 4.79 Å². The summed E-state index contributed by atoms with van der Waals surface area (Å²) in [6, 6.07) is 7.97. The Kier molecular flexibility index (Phi) is 3.02. The predicted molar refractivity (Wildman–Crippen MR) is 68.9 cm³/mol. The highest BCUT2D eigenvalue weighted by Crippen LogP contribution is 2.24. The van der Waals surface area contributed by atoms with Crippen LogP contribution in [0, 0.1) is 3.57 Å². The third-order valence-corrected chi connectivity index (χ3v) is 3.31. The fraction of sp³-hybridized carbons (Fsp3) is 0.300. The van der Waals surface area contributed by atoms with Crippen molar-refractivity contribution >= 4 is 46.8 Å². The standard InChI is InChI=1S/C10H10INOS/c11-7-1-3-8(4-2-7)12-6-9(14)5-10(12)13/h1-4,9,14H,5-6H2. The smallest absolute Gasteiger partial charge is 0.228 e. The summed E-state index contributed by atoms with van der Waals surface area (Å²) in [5.74, 6) is 0.172. The number of hydrogen-bond acceptors (Lipinski definition) is 2. The first kappa shape index (κ1) is 10.3. The summed E-state index contributed by atoms with van der Waals surface area (Å²) in [6.45, 7) is 0.725. The molecular weight excluding hydrogens is 309 g/mol. The van der Waals surface area contributed by atoms with Gasteiger partial charge in [-0.25, -0.2) is 0 Å². The Labute approximate surface area is 102 Å². The van der Waals surface area contributed by atoms with E-state index in [1.165, 1.54) is 3.57 Å². The van der Waals surface area contributed by atoms with Crippen LogP contribution in [0.15, 0.2) is 24.3 Å². The van der Waals surface area contributed by atoms with Crippen LogP contribution in [0.25, 0.3) is 0 Å². The lowest BCUT2D eigenvalue weighted by molar-refractivity contribution is -0.117. The maximum atomic E-state index is 11.5. The zero-order chi connectivity index (χ0) is 10.1. The average molecular weight is 319 g/mol. The molecular formula is C10H10INOS. The Morgan fingerprint density at radius 2 is 2.00 bits per heavy atom. The van der Waals surface area contributed by atoms with Crippen molar-refractivity contribution in [2.75, 3.05) is 11.4 Å². The Bertz CT molecular complexity index is 352. The van der Waals surface area contributed by atoms with E-state index in [1.54, 1.807) is 4.90 Å². The molecule has 0 saturated carbocycles. The van der Waals surface area contributed by atoms with Crippen molar-refractivity contribution in [2.45, 2.75) is 11.7 Å². The fourth-order valence-corrected chi connectivity index (χ4v) is 2.24. The van der Waals surface area contributed by atoms with E-state index in [0.717, 1.165) is 12.2 Å². The molecule has 1 heterocycles. The van der Waals surface area contributed by atoms with E-state index in [0.29, 0.717) is 6.42 Å². The molecule has 1 amide bonds. The number of carbonyl (C=O) groups excluding carboxylic acids is 1. The molecule has 0 aromatic heterocycles. The van der Waals surface area contributed by atoms with Gasteiger partial charge in [0.05, 0.1) is 0 Å². The number of amides is 1. The van der Waals surface area contributed by atoms with Crippen LogP contribution in [0.5, 0.6) is 0 Å². The van der Waals surface area contributed by atoms with Gasteiger partial charge >= 0.3 is 0 Å².